The summed E-state index contributed by atoms with van der Waals surface area (Å²) in [5, 5.41) is 3.66. The summed E-state index contributed by atoms with van der Waals surface area (Å²) in [4.78, 5) is 11.5. The molecule has 1 aliphatic rings. The Morgan fingerprint density at radius 2 is 2.05 bits per heavy atom. The Balaban J connectivity index is 2.11. The smallest absolute Gasteiger partial charge is 0.337 e. The predicted octanol–water partition coefficient (Wildman–Crippen LogP) is 4.02. The highest BCUT2D eigenvalue weighted by Gasteiger charge is 2.25. The van der Waals surface area contributed by atoms with Gasteiger partial charge in [0, 0.05) is 11.7 Å². The van der Waals surface area contributed by atoms with Gasteiger partial charge in [-0.05, 0) is 55.4 Å². The molecular formula is C17H25NO2. The van der Waals surface area contributed by atoms with Crippen molar-refractivity contribution in [2.24, 2.45) is 11.8 Å². The van der Waals surface area contributed by atoms with Crippen LogP contribution in [0.1, 0.15) is 49.0 Å². The normalized spacial score (nSPS) is 26.1. The number of nitrogens with one attached hydrogen (secondary N) is 1. The SMILES string of the molecule is COC(=O)c1ccc(NC2CC(C)CCC2C)c(C)c1. The number of ether oxygens (including phenoxy) is 1. The van der Waals surface area contributed by atoms with Crippen LogP contribution < -0.4 is 5.32 Å². The van der Waals surface area contributed by atoms with E-state index in [0.29, 0.717) is 17.5 Å². The van der Waals surface area contributed by atoms with E-state index in [1.807, 2.05) is 25.1 Å². The summed E-state index contributed by atoms with van der Waals surface area (Å²) in [6.07, 6.45) is 3.84. The van der Waals surface area contributed by atoms with Crippen molar-refractivity contribution in [3.05, 3.63) is 29.3 Å². The third-order valence-corrected chi connectivity index (χ3v) is 4.45. The summed E-state index contributed by atoms with van der Waals surface area (Å²) < 4.78 is 4.75. The minimum absolute atomic E-state index is 0.278. The Hall–Kier alpha value is -1.51. The van der Waals surface area contributed by atoms with Crippen molar-refractivity contribution in [3.63, 3.8) is 0 Å². The molecule has 3 nitrogen and oxygen atoms in total. The number of carbonyl (C=O) groups excluding carboxylic acids is 1. The van der Waals surface area contributed by atoms with Gasteiger partial charge < -0.3 is 10.1 Å². The van der Waals surface area contributed by atoms with E-state index in [0.717, 1.165) is 17.2 Å². The molecule has 1 fully saturated rings. The lowest BCUT2D eigenvalue weighted by Crippen LogP contribution is -2.33. The lowest BCUT2D eigenvalue weighted by molar-refractivity contribution is 0.0600. The molecule has 3 unspecified atom stereocenters. The van der Waals surface area contributed by atoms with Gasteiger partial charge in [0.05, 0.1) is 12.7 Å². The van der Waals surface area contributed by atoms with Gasteiger partial charge in [0.25, 0.3) is 0 Å². The molecule has 1 N–H and O–H groups in total. The fraction of sp³-hybridized carbons (Fsp3) is 0.588. The lowest BCUT2D eigenvalue weighted by atomic mass is 9.80. The van der Waals surface area contributed by atoms with E-state index in [1.54, 1.807) is 0 Å². The molecule has 0 aromatic heterocycles. The highest BCUT2D eigenvalue weighted by atomic mass is 16.5. The first-order valence-corrected chi connectivity index (χ1v) is 7.46. The highest BCUT2D eigenvalue weighted by molar-refractivity contribution is 5.90. The fourth-order valence-electron chi connectivity index (χ4n) is 3.00. The Bertz CT molecular complexity index is 484. The molecule has 1 aliphatic carbocycles. The summed E-state index contributed by atoms with van der Waals surface area (Å²) in [5.74, 6) is 1.21. The fourth-order valence-corrected chi connectivity index (χ4v) is 3.00. The van der Waals surface area contributed by atoms with Gasteiger partial charge in [0.1, 0.15) is 0 Å². The first-order valence-electron chi connectivity index (χ1n) is 7.46. The highest BCUT2D eigenvalue weighted by Crippen LogP contribution is 2.31. The zero-order valence-electron chi connectivity index (χ0n) is 12.9. The lowest BCUT2D eigenvalue weighted by Gasteiger charge is -2.34. The first kappa shape index (κ1) is 14.9. The standard InChI is InChI=1S/C17H25NO2/c1-11-5-6-12(2)16(9-11)18-15-8-7-14(10-13(15)3)17(19)20-4/h7-8,10-12,16,18H,5-6,9H2,1-4H3. The van der Waals surface area contributed by atoms with Gasteiger partial charge in [-0.1, -0.05) is 20.3 Å². The number of aryl methyl sites for hydroxylation is 1. The number of hydrogen-bond donors (Lipinski definition) is 1. The number of hydrogen-bond acceptors (Lipinski definition) is 3. The molecular weight excluding hydrogens is 250 g/mol. The van der Waals surface area contributed by atoms with Gasteiger partial charge in [0.2, 0.25) is 0 Å². The molecule has 0 heterocycles. The summed E-state index contributed by atoms with van der Waals surface area (Å²) in [6, 6.07) is 6.25. The molecule has 1 aromatic rings. The molecule has 1 saturated carbocycles. The third kappa shape index (κ3) is 3.33. The van der Waals surface area contributed by atoms with Gasteiger partial charge in [-0.3, -0.25) is 0 Å². The second-order valence-electron chi connectivity index (χ2n) is 6.17. The molecule has 20 heavy (non-hydrogen) atoms. The monoisotopic (exact) mass is 275 g/mol. The predicted molar refractivity (Wildman–Crippen MR) is 82.1 cm³/mol. The second-order valence-corrected chi connectivity index (χ2v) is 6.17. The average Bonchev–Trinajstić information content (AvgIpc) is 2.44. The summed E-state index contributed by atoms with van der Waals surface area (Å²) in [6.45, 7) is 6.68. The van der Waals surface area contributed by atoms with Crippen LogP contribution in [-0.4, -0.2) is 19.1 Å². The number of rotatable bonds is 3. The average molecular weight is 275 g/mol. The van der Waals surface area contributed by atoms with E-state index in [9.17, 15) is 4.79 Å². The minimum atomic E-state index is -0.278. The number of methoxy groups -OCH3 is 1. The van der Waals surface area contributed by atoms with E-state index in [-0.39, 0.29) is 5.97 Å². The number of benzene rings is 1. The van der Waals surface area contributed by atoms with E-state index in [2.05, 4.69) is 19.2 Å². The van der Waals surface area contributed by atoms with Gasteiger partial charge >= 0.3 is 5.97 Å². The zero-order chi connectivity index (χ0) is 14.7. The number of anilines is 1. The topological polar surface area (TPSA) is 38.3 Å². The van der Waals surface area contributed by atoms with Gasteiger partial charge in [-0.2, -0.15) is 0 Å². The molecule has 0 bridgehead atoms. The van der Waals surface area contributed by atoms with Crippen molar-refractivity contribution in [2.75, 3.05) is 12.4 Å². The van der Waals surface area contributed by atoms with E-state index in [4.69, 9.17) is 4.74 Å². The molecule has 0 radical (unpaired) electrons. The largest absolute Gasteiger partial charge is 0.465 e. The van der Waals surface area contributed by atoms with Crippen LogP contribution in [-0.2, 0) is 4.74 Å². The Morgan fingerprint density at radius 3 is 2.70 bits per heavy atom. The molecule has 3 heteroatoms. The molecule has 2 rings (SSSR count). The molecule has 110 valence electrons. The van der Waals surface area contributed by atoms with Crippen LogP contribution in [0, 0.1) is 18.8 Å². The van der Waals surface area contributed by atoms with Crippen molar-refractivity contribution in [3.8, 4) is 0 Å². The minimum Gasteiger partial charge on any atom is -0.465 e. The Kier molecular flexibility index (Phi) is 4.69. The summed E-state index contributed by atoms with van der Waals surface area (Å²) in [5.41, 5.74) is 2.84. The third-order valence-electron chi connectivity index (χ3n) is 4.45. The molecule has 0 saturated heterocycles. The van der Waals surface area contributed by atoms with Crippen molar-refractivity contribution in [1.29, 1.82) is 0 Å². The maximum atomic E-state index is 11.5. The van der Waals surface area contributed by atoms with E-state index in [1.165, 1.54) is 26.4 Å². The van der Waals surface area contributed by atoms with Crippen LogP contribution in [0.15, 0.2) is 18.2 Å². The van der Waals surface area contributed by atoms with Crippen LogP contribution >= 0.6 is 0 Å². The van der Waals surface area contributed by atoms with Crippen molar-refractivity contribution < 1.29 is 9.53 Å². The molecule has 1 aromatic carbocycles. The van der Waals surface area contributed by atoms with E-state index < -0.39 is 0 Å². The molecule has 3 atom stereocenters. The van der Waals surface area contributed by atoms with Gasteiger partial charge in [0.15, 0.2) is 0 Å². The number of carbonyl (C=O) groups is 1. The van der Waals surface area contributed by atoms with Gasteiger partial charge in [-0.15, -0.1) is 0 Å². The van der Waals surface area contributed by atoms with Crippen LogP contribution in [0.25, 0.3) is 0 Å². The van der Waals surface area contributed by atoms with Gasteiger partial charge in [-0.25, -0.2) is 4.79 Å². The Labute approximate surface area is 121 Å². The van der Waals surface area contributed by atoms with Crippen LogP contribution in [0.2, 0.25) is 0 Å². The van der Waals surface area contributed by atoms with Crippen LogP contribution in [0.5, 0.6) is 0 Å². The van der Waals surface area contributed by atoms with Crippen LogP contribution in [0.3, 0.4) is 0 Å². The molecule has 0 amide bonds. The second kappa shape index (κ2) is 6.29. The maximum absolute atomic E-state index is 11.5. The van der Waals surface area contributed by atoms with E-state index >= 15 is 0 Å². The van der Waals surface area contributed by atoms with Crippen molar-refractivity contribution in [2.45, 2.75) is 46.1 Å². The van der Waals surface area contributed by atoms with Crippen molar-refractivity contribution >= 4 is 11.7 Å². The first-order chi connectivity index (χ1) is 9.51. The summed E-state index contributed by atoms with van der Waals surface area (Å²) in [7, 11) is 1.41. The number of esters is 1. The maximum Gasteiger partial charge on any atom is 0.337 e. The quantitative estimate of drug-likeness (QED) is 0.847. The summed E-state index contributed by atoms with van der Waals surface area (Å²) >= 11 is 0. The van der Waals surface area contributed by atoms with Crippen molar-refractivity contribution in [1.82, 2.24) is 0 Å². The zero-order valence-corrected chi connectivity index (χ0v) is 12.9. The molecule has 0 spiro atoms. The van der Waals surface area contributed by atoms with Crippen LogP contribution in [0.4, 0.5) is 5.69 Å². The molecule has 0 aliphatic heterocycles. The Morgan fingerprint density at radius 1 is 1.30 bits per heavy atom.